The quantitative estimate of drug-likeness (QED) is 0.237. The van der Waals surface area contributed by atoms with Crippen molar-refractivity contribution < 1.29 is 22.8 Å². The predicted molar refractivity (Wildman–Crippen MR) is 178 cm³/mol. The third-order valence-corrected chi connectivity index (χ3v) is 10.9. The minimum atomic E-state index is -3.59. The molecule has 7 rings (SSSR count). The summed E-state index contributed by atoms with van der Waals surface area (Å²) in [4.78, 5) is 55.2. The van der Waals surface area contributed by atoms with Gasteiger partial charge in [-0.05, 0) is 71.9 Å². The largest absolute Gasteiger partial charge is 0.325 e. The summed E-state index contributed by atoms with van der Waals surface area (Å²) < 4.78 is 30.4. The molecule has 1 saturated heterocycles. The number of hydrogen-bond donors (Lipinski definition) is 2. The Bertz CT molecular complexity index is 2100. The van der Waals surface area contributed by atoms with Gasteiger partial charge in [0.1, 0.15) is 34.5 Å². The molecule has 242 valence electrons. The lowest BCUT2D eigenvalue weighted by Crippen LogP contribution is -2.47. The van der Waals surface area contributed by atoms with Crippen LogP contribution in [0.15, 0.2) is 53.4 Å². The standard InChI is InChI=1S/C32H31BrN8O5S/c1-18(42)29-23-11-21(22-14-34-19(2)35-15-22)6-8-24(23)40(39-29)16-28(43)41-25-12-32(13-26(32)41)17-36-47(45,46)10-4-3-5-20-7-9-27(33)37-30(20)38-31(25)44/h3,5-9,11,14-15,25-26,36H,4,10,12-13,16-17H2,1-2H3,(H,37,38,44)/b5-3+/t25-,26+,32-/m0/s1. The molecule has 13 nitrogen and oxygen atoms in total. The fourth-order valence-corrected chi connectivity index (χ4v) is 8.01. The van der Waals surface area contributed by atoms with Gasteiger partial charge in [0.2, 0.25) is 21.8 Å². The maximum Gasteiger partial charge on any atom is 0.248 e. The van der Waals surface area contributed by atoms with Crippen LogP contribution < -0.4 is 10.0 Å². The Labute approximate surface area is 279 Å². The van der Waals surface area contributed by atoms with Gasteiger partial charge in [-0.2, -0.15) is 5.10 Å². The fraction of sp³-hybridized carbons (Fsp3) is 0.344. The zero-order chi connectivity index (χ0) is 33.1. The number of aromatic nitrogens is 5. The lowest BCUT2D eigenvalue weighted by molar-refractivity contribution is -0.138. The number of carbonyl (C=O) groups is 3. The first kappa shape index (κ1) is 31.3. The molecule has 3 aromatic heterocycles. The fourth-order valence-electron chi connectivity index (χ4n) is 6.60. The van der Waals surface area contributed by atoms with E-state index < -0.39 is 27.4 Å². The summed E-state index contributed by atoms with van der Waals surface area (Å²) in [5, 5.41) is 8.04. The van der Waals surface area contributed by atoms with Crippen LogP contribution in [0, 0.1) is 12.3 Å². The van der Waals surface area contributed by atoms with Gasteiger partial charge >= 0.3 is 0 Å². The van der Waals surface area contributed by atoms with Crippen LogP contribution in [-0.2, 0) is 26.2 Å². The summed E-state index contributed by atoms with van der Waals surface area (Å²) in [6.45, 7) is 3.13. The number of halogens is 1. The third kappa shape index (κ3) is 5.98. The summed E-state index contributed by atoms with van der Waals surface area (Å²) in [6.07, 6.45) is 8.00. The van der Waals surface area contributed by atoms with Gasteiger partial charge in [0.15, 0.2) is 5.78 Å². The van der Waals surface area contributed by atoms with E-state index in [2.05, 4.69) is 46.0 Å². The average molecular weight is 720 g/mol. The molecule has 0 unspecified atom stereocenters. The number of likely N-dealkylation sites (tertiary alicyclic amines) is 1. The molecule has 1 saturated carbocycles. The molecule has 2 aliphatic heterocycles. The van der Waals surface area contributed by atoms with Gasteiger partial charge in [0, 0.05) is 53.8 Å². The molecule has 3 atom stereocenters. The van der Waals surface area contributed by atoms with Gasteiger partial charge in [-0.1, -0.05) is 18.2 Å². The molecule has 1 aliphatic carbocycles. The minimum absolute atomic E-state index is 0.0918. The van der Waals surface area contributed by atoms with E-state index in [-0.39, 0.29) is 55.1 Å². The maximum atomic E-state index is 14.2. The highest BCUT2D eigenvalue weighted by atomic mass is 79.9. The highest BCUT2D eigenvalue weighted by Crippen LogP contribution is 2.59. The molecule has 47 heavy (non-hydrogen) atoms. The summed E-state index contributed by atoms with van der Waals surface area (Å²) >= 11 is 3.36. The van der Waals surface area contributed by atoms with Crippen LogP contribution in [0.4, 0.5) is 5.82 Å². The zero-order valence-electron chi connectivity index (χ0n) is 25.6. The molecule has 1 aromatic carbocycles. The number of ketones is 1. The SMILES string of the molecule is CC(=O)c1nn(CC(=O)N2[C@H]3C[C@@]4(CNS(=O)(=O)CC/C=C/c5ccc(Br)nc5NC3=O)C[C@@H]24)c2ccc(-c3cnc(C)nc3)cc12. The van der Waals surface area contributed by atoms with Crippen molar-refractivity contribution >= 4 is 66.3 Å². The Balaban J connectivity index is 1.22. The van der Waals surface area contributed by atoms with Crippen LogP contribution in [0.1, 0.15) is 48.1 Å². The second-order valence-electron chi connectivity index (χ2n) is 12.3. The number of Topliss-reactive ketones (excluding diaryl/α,β-unsaturated/α-hetero) is 1. The summed E-state index contributed by atoms with van der Waals surface area (Å²) in [5.74, 6) is -0.176. The van der Waals surface area contributed by atoms with Crippen molar-refractivity contribution in [2.45, 2.75) is 51.7 Å². The van der Waals surface area contributed by atoms with E-state index in [9.17, 15) is 22.8 Å². The van der Waals surface area contributed by atoms with E-state index in [1.54, 1.807) is 54.6 Å². The maximum absolute atomic E-state index is 14.2. The first-order chi connectivity index (χ1) is 22.4. The van der Waals surface area contributed by atoms with Crippen molar-refractivity contribution in [3.05, 3.63) is 70.5 Å². The van der Waals surface area contributed by atoms with E-state index >= 15 is 0 Å². The van der Waals surface area contributed by atoms with Crippen LogP contribution in [0.2, 0.25) is 0 Å². The summed E-state index contributed by atoms with van der Waals surface area (Å²) in [6, 6.07) is 7.79. The Morgan fingerprint density at radius 1 is 1.11 bits per heavy atom. The Hall–Kier alpha value is -4.34. The second-order valence-corrected chi connectivity index (χ2v) is 15.0. The minimum Gasteiger partial charge on any atom is -0.325 e. The van der Waals surface area contributed by atoms with Crippen molar-refractivity contribution in [2.75, 3.05) is 17.6 Å². The van der Waals surface area contributed by atoms with Crippen LogP contribution in [0.5, 0.6) is 0 Å². The normalized spacial score (nSPS) is 24.1. The van der Waals surface area contributed by atoms with Gasteiger partial charge in [-0.15, -0.1) is 0 Å². The number of piperidine rings is 1. The highest BCUT2D eigenvalue weighted by molar-refractivity contribution is 9.10. The van der Waals surface area contributed by atoms with Crippen molar-refractivity contribution in [3.8, 4) is 11.1 Å². The van der Waals surface area contributed by atoms with Crippen molar-refractivity contribution in [3.63, 3.8) is 0 Å². The Morgan fingerprint density at radius 3 is 2.66 bits per heavy atom. The monoisotopic (exact) mass is 718 g/mol. The molecule has 0 radical (unpaired) electrons. The average Bonchev–Trinajstić information content (AvgIpc) is 3.45. The topological polar surface area (TPSA) is 169 Å². The van der Waals surface area contributed by atoms with Gasteiger partial charge in [0.25, 0.3) is 0 Å². The molecular formula is C32H31BrN8O5S. The van der Waals surface area contributed by atoms with Gasteiger partial charge in [-0.25, -0.2) is 28.1 Å². The molecule has 3 aliphatic rings. The number of amides is 2. The van der Waals surface area contributed by atoms with Crippen molar-refractivity contribution in [1.29, 1.82) is 0 Å². The summed E-state index contributed by atoms with van der Waals surface area (Å²) in [7, 11) is -3.59. The number of pyridine rings is 1. The number of rotatable bonds is 4. The molecule has 2 amide bonds. The van der Waals surface area contributed by atoms with Crippen molar-refractivity contribution in [1.82, 2.24) is 34.4 Å². The molecule has 2 N–H and O–H groups in total. The number of nitrogens with zero attached hydrogens (tertiary/aromatic N) is 6. The number of carbonyl (C=O) groups excluding carboxylic acids is 3. The van der Waals surface area contributed by atoms with Gasteiger partial charge < -0.3 is 10.2 Å². The first-order valence-corrected chi connectivity index (χ1v) is 17.6. The molecular weight excluding hydrogens is 688 g/mol. The van der Waals surface area contributed by atoms with Gasteiger partial charge in [-0.3, -0.25) is 19.1 Å². The number of aryl methyl sites for hydroxylation is 1. The lowest BCUT2D eigenvalue weighted by atomic mass is 9.99. The predicted octanol–water partition coefficient (Wildman–Crippen LogP) is 3.50. The van der Waals surface area contributed by atoms with Crippen LogP contribution >= 0.6 is 15.9 Å². The number of benzene rings is 1. The second kappa shape index (κ2) is 11.7. The van der Waals surface area contributed by atoms with E-state index in [0.717, 1.165) is 11.1 Å². The number of sulfonamides is 1. The number of anilines is 1. The molecule has 15 heteroatoms. The zero-order valence-corrected chi connectivity index (χ0v) is 28.0. The molecule has 2 fully saturated rings. The molecule has 5 heterocycles. The number of allylic oxidation sites excluding steroid dienone is 1. The van der Waals surface area contributed by atoms with Crippen molar-refractivity contribution in [2.24, 2.45) is 5.41 Å². The number of nitrogens with one attached hydrogen (secondary N) is 2. The molecule has 4 aromatic rings. The van der Waals surface area contributed by atoms with Gasteiger partial charge in [0.05, 0.1) is 11.3 Å². The van der Waals surface area contributed by atoms with E-state index in [4.69, 9.17) is 0 Å². The van der Waals surface area contributed by atoms with E-state index in [0.29, 0.717) is 39.1 Å². The van der Waals surface area contributed by atoms with Crippen LogP contribution in [-0.4, -0.2) is 80.0 Å². The number of hydrogen-bond acceptors (Lipinski definition) is 9. The Morgan fingerprint density at radius 2 is 1.89 bits per heavy atom. The molecule has 1 spiro atoms. The van der Waals surface area contributed by atoms with E-state index in [1.807, 2.05) is 12.1 Å². The summed E-state index contributed by atoms with van der Waals surface area (Å²) in [5.41, 5.74) is 2.42. The molecule has 2 bridgehead atoms. The van der Waals surface area contributed by atoms with E-state index in [1.165, 1.54) is 11.6 Å². The lowest BCUT2D eigenvalue weighted by Gasteiger charge is -2.27. The van der Waals surface area contributed by atoms with Crippen LogP contribution in [0.3, 0.4) is 0 Å². The smallest absolute Gasteiger partial charge is 0.248 e. The highest BCUT2D eigenvalue weighted by Gasteiger charge is 2.67. The van der Waals surface area contributed by atoms with Crippen LogP contribution in [0.25, 0.3) is 28.1 Å². The Kier molecular flexibility index (Phi) is 7.80. The first-order valence-electron chi connectivity index (χ1n) is 15.2. The third-order valence-electron chi connectivity index (χ3n) is 9.12. The number of fused-ring (bicyclic) bond motifs is 3.